The maximum absolute atomic E-state index is 12.3. The predicted molar refractivity (Wildman–Crippen MR) is 95.3 cm³/mol. The lowest BCUT2D eigenvalue weighted by Crippen LogP contribution is -2.45. The average Bonchev–Trinajstić information content (AvgIpc) is 2.83. The molecule has 0 radical (unpaired) electrons. The SMILES string of the molecule is Cc1ncsc1CN(CC(=O)NC(C)(C)C)Cc1ccccc1. The normalized spacial score (nSPS) is 11.7. The van der Waals surface area contributed by atoms with Crippen LogP contribution in [-0.2, 0) is 17.9 Å². The molecule has 0 aliphatic rings. The second-order valence-electron chi connectivity index (χ2n) is 6.79. The number of amides is 1. The summed E-state index contributed by atoms with van der Waals surface area (Å²) in [6.07, 6.45) is 0. The fourth-order valence-corrected chi connectivity index (χ4v) is 3.17. The molecule has 1 aromatic heterocycles. The average molecular weight is 331 g/mol. The van der Waals surface area contributed by atoms with Crippen LogP contribution in [0, 0.1) is 6.92 Å². The first-order valence-electron chi connectivity index (χ1n) is 7.80. The summed E-state index contributed by atoms with van der Waals surface area (Å²) in [4.78, 5) is 20.0. The van der Waals surface area contributed by atoms with Gasteiger partial charge in [-0.15, -0.1) is 11.3 Å². The molecule has 0 aliphatic heterocycles. The number of benzene rings is 1. The van der Waals surface area contributed by atoms with Crippen LogP contribution in [0.25, 0.3) is 0 Å². The first kappa shape index (κ1) is 17.6. The molecule has 0 spiro atoms. The van der Waals surface area contributed by atoms with Crippen molar-refractivity contribution in [2.24, 2.45) is 0 Å². The summed E-state index contributed by atoms with van der Waals surface area (Å²) in [7, 11) is 0. The Morgan fingerprint density at radius 3 is 2.48 bits per heavy atom. The van der Waals surface area contributed by atoms with Crippen molar-refractivity contribution in [3.8, 4) is 0 Å². The summed E-state index contributed by atoms with van der Waals surface area (Å²) < 4.78 is 0. The van der Waals surface area contributed by atoms with Crippen molar-refractivity contribution in [2.45, 2.75) is 46.3 Å². The van der Waals surface area contributed by atoms with Gasteiger partial charge < -0.3 is 5.32 Å². The topological polar surface area (TPSA) is 45.2 Å². The van der Waals surface area contributed by atoms with Crippen LogP contribution in [0.4, 0.5) is 0 Å². The molecule has 124 valence electrons. The third-order valence-electron chi connectivity index (χ3n) is 3.34. The predicted octanol–water partition coefficient (Wildman–Crippen LogP) is 3.37. The molecule has 1 N–H and O–H groups in total. The van der Waals surface area contributed by atoms with E-state index in [2.05, 4.69) is 27.3 Å². The van der Waals surface area contributed by atoms with Gasteiger partial charge in [-0.3, -0.25) is 9.69 Å². The highest BCUT2D eigenvalue weighted by Gasteiger charge is 2.18. The highest BCUT2D eigenvalue weighted by molar-refractivity contribution is 7.09. The lowest BCUT2D eigenvalue weighted by molar-refractivity contribution is -0.123. The molecule has 0 aliphatic carbocycles. The van der Waals surface area contributed by atoms with Crippen molar-refractivity contribution in [1.82, 2.24) is 15.2 Å². The van der Waals surface area contributed by atoms with Gasteiger partial charge in [0.25, 0.3) is 0 Å². The van der Waals surface area contributed by atoms with Crippen LogP contribution < -0.4 is 5.32 Å². The fraction of sp³-hybridized carbons (Fsp3) is 0.444. The number of thiazole rings is 1. The van der Waals surface area contributed by atoms with Gasteiger partial charge in [-0.1, -0.05) is 30.3 Å². The van der Waals surface area contributed by atoms with E-state index in [0.29, 0.717) is 6.54 Å². The number of nitrogens with one attached hydrogen (secondary N) is 1. The van der Waals surface area contributed by atoms with Gasteiger partial charge in [0.05, 0.1) is 17.7 Å². The summed E-state index contributed by atoms with van der Waals surface area (Å²) in [5.41, 5.74) is 3.90. The summed E-state index contributed by atoms with van der Waals surface area (Å²) >= 11 is 1.64. The smallest absolute Gasteiger partial charge is 0.234 e. The van der Waals surface area contributed by atoms with Gasteiger partial charge in [0, 0.05) is 23.5 Å². The minimum absolute atomic E-state index is 0.0515. The van der Waals surface area contributed by atoms with E-state index in [1.807, 2.05) is 51.4 Å². The summed E-state index contributed by atoms with van der Waals surface area (Å²) in [6.45, 7) is 9.88. The van der Waals surface area contributed by atoms with E-state index in [-0.39, 0.29) is 11.4 Å². The van der Waals surface area contributed by atoms with Gasteiger partial charge in [-0.2, -0.15) is 0 Å². The molecule has 0 saturated heterocycles. The highest BCUT2D eigenvalue weighted by atomic mass is 32.1. The maximum Gasteiger partial charge on any atom is 0.234 e. The van der Waals surface area contributed by atoms with Gasteiger partial charge in [-0.05, 0) is 33.3 Å². The van der Waals surface area contributed by atoms with E-state index < -0.39 is 0 Å². The number of aryl methyl sites for hydroxylation is 1. The molecule has 0 atom stereocenters. The Labute approximate surface area is 142 Å². The number of rotatable bonds is 6. The molecule has 2 rings (SSSR count). The Balaban J connectivity index is 2.07. The van der Waals surface area contributed by atoms with Gasteiger partial charge in [0.2, 0.25) is 5.91 Å². The number of hydrogen-bond acceptors (Lipinski definition) is 4. The lowest BCUT2D eigenvalue weighted by atomic mass is 10.1. The summed E-state index contributed by atoms with van der Waals surface area (Å²) in [5.74, 6) is 0.0515. The Morgan fingerprint density at radius 1 is 1.22 bits per heavy atom. The van der Waals surface area contributed by atoms with Crippen LogP contribution in [0.3, 0.4) is 0 Å². The number of nitrogens with zero attached hydrogens (tertiary/aromatic N) is 2. The van der Waals surface area contributed by atoms with Crippen LogP contribution >= 0.6 is 11.3 Å². The number of aromatic nitrogens is 1. The van der Waals surface area contributed by atoms with Crippen LogP contribution in [0.5, 0.6) is 0 Å². The molecule has 0 fully saturated rings. The lowest BCUT2D eigenvalue weighted by Gasteiger charge is -2.25. The summed E-state index contributed by atoms with van der Waals surface area (Å²) in [6, 6.07) is 10.2. The quantitative estimate of drug-likeness (QED) is 0.883. The van der Waals surface area contributed by atoms with E-state index in [1.54, 1.807) is 11.3 Å². The van der Waals surface area contributed by atoms with Crippen LogP contribution in [0.1, 0.15) is 36.9 Å². The molecule has 0 saturated carbocycles. The Bertz CT molecular complexity index is 631. The molecule has 5 heteroatoms. The Morgan fingerprint density at radius 2 is 1.91 bits per heavy atom. The van der Waals surface area contributed by atoms with Crippen LogP contribution in [-0.4, -0.2) is 27.9 Å². The molecular formula is C18H25N3OS. The maximum atomic E-state index is 12.3. The van der Waals surface area contributed by atoms with E-state index in [9.17, 15) is 4.79 Å². The van der Waals surface area contributed by atoms with Gasteiger partial charge in [0.1, 0.15) is 0 Å². The zero-order chi connectivity index (χ0) is 16.9. The molecule has 0 bridgehead atoms. The third kappa shape index (κ3) is 6.12. The first-order chi connectivity index (χ1) is 10.8. The zero-order valence-corrected chi connectivity index (χ0v) is 15.1. The minimum Gasteiger partial charge on any atom is -0.350 e. The third-order valence-corrected chi connectivity index (χ3v) is 4.26. The van der Waals surface area contributed by atoms with E-state index in [1.165, 1.54) is 10.4 Å². The molecule has 0 unspecified atom stereocenters. The minimum atomic E-state index is -0.212. The zero-order valence-electron chi connectivity index (χ0n) is 14.3. The molecule has 1 heterocycles. The molecule has 1 aromatic carbocycles. The van der Waals surface area contributed by atoms with Gasteiger partial charge in [-0.25, -0.2) is 4.98 Å². The number of carbonyl (C=O) groups is 1. The van der Waals surface area contributed by atoms with Crippen LogP contribution in [0.2, 0.25) is 0 Å². The molecule has 2 aromatic rings. The van der Waals surface area contributed by atoms with E-state index in [4.69, 9.17) is 0 Å². The van der Waals surface area contributed by atoms with E-state index >= 15 is 0 Å². The van der Waals surface area contributed by atoms with Crippen molar-refractivity contribution in [2.75, 3.05) is 6.54 Å². The molecule has 23 heavy (non-hydrogen) atoms. The Hall–Kier alpha value is -1.72. The standard InChI is InChI=1S/C18H25N3OS/c1-14-16(23-13-19-14)11-21(10-15-8-6-5-7-9-15)12-17(22)20-18(2,3)4/h5-9,13H,10-12H2,1-4H3,(H,20,22). The largest absolute Gasteiger partial charge is 0.350 e. The summed E-state index contributed by atoms with van der Waals surface area (Å²) in [5, 5.41) is 3.04. The van der Waals surface area contributed by atoms with Crippen molar-refractivity contribution in [3.63, 3.8) is 0 Å². The second kappa shape index (κ2) is 7.70. The number of carbonyl (C=O) groups excluding carboxylic acids is 1. The van der Waals surface area contributed by atoms with Gasteiger partial charge >= 0.3 is 0 Å². The van der Waals surface area contributed by atoms with Crippen molar-refractivity contribution in [3.05, 3.63) is 52.0 Å². The van der Waals surface area contributed by atoms with Crippen molar-refractivity contribution >= 4 is 17.2 Å². The number of hydrogen-bond donors (Lipinski definition) is 1. The Kier molecular flexibility index (Phi) is 5.91. The van der Waals surface area contributed by atoms with Crippen molar-refractivity contribution in [1.29, 1.82) is 0 Å². The first-order valence-corrected chi connectivity index (χ1v) is 8.68. The highest BCUT2D eigenvalue weighted by Crippen LogP contribution is 2.17. The van der Waals surface area contributed by atoms with Crippen LogP contribution in [0.15, 0.2) is 35.8 Å². The molecule has 1 amide bonds. The fourth-order valence-electron chi connectivity index (χ4n) is 2.35. The van der Waals surface area contributed by atoms with Gasteiger partial charge in [0.15, 0.2) is 0 Å². The molecule has 4 nitrogen and oxygen atoms in total. The van der Waals surface area contributed by atoms with E-state index in [0.717, 1.165) is 18.8 Å². The second-order valence-corrected chi connectivity index (χ2v) is 7.73. The monoisotopic (exact) mass is 331 g/mol. The molecular weight excluding hydrogens is 306 g/mol. The van der Waals surface area contributed by atoms with Crippen molar-refractivity contribution < 1.29 is 4.79 Å².